The number of carbonyl (C=O) groups excluding carboxylic acids is 4. The fraction of sp³-hybridized carbons (Fsp3) is 0.435. The minimum atomic E-state index is -0.771. The van der Waals surface area contributed by atoms with Crippen LogP contribution in [0.15, 0.2) is 130 Å². The second-order valence-electron chi connectivity index (χ2n) is 15.4. The molecule has 292 valence electrons. The average Bonchev–Trinajstić information content (AvgIpc) is 3.07. The van der Waals surface area contributed by atoms with Crippen molar-refractivity contribution in [3.05, 3.63) is 130 Å². The monoisotopic (exact) mass is 738 g/mol. The van der Waals surface area contributed by atoms with Crippen molar-refractivity contribution in [1.82, 2.24) is 0 Å². The Kier molecular flexibility index (Phi) is 17.9. The van der Waals surface area contributed by atoms with Gasteiger partial charge in [0.1, 0.15) is 0 Å². The van der Waals surface area contributed by atoms with Gasteiger partial charge < -0.3 is 20.9 Å². The molecule has 8 nitrogen and oxygen atoms in total. The second kappa shape index (κ2) is 21.3. The maximum Gasteiger partial charge on any atom is 0.307 e. The molecule has 0 fully saturated rings. The Morgan fingerprint density at radius 1 is 0.593 bits per heavy atom. The van der Waals surface area contributed by atoms with Crippen LogP contribution in [0.3, 0.4) is 0 Å². The molecule has 2 unspecified atom stereocenters. The highest BCUT2D eigenvalue weighted by Crippen LogP contribution is 2.42. The number of hydrogen-bond acceptors (Lipinski definition) is 8. The van der Waals surface area contributed by atoms with Gasteiger partial charge in [0.25, 0.3) is 0 Å². The second-order valence-corrected chi connectivity index (χ2v) is 15.4. The van der Waals surface area contributed by atoms with Gasteiger partial charge in [-0.25, -0.2) is 0 Å². The van der Waals surface area contributed by atoms with E-state index in [1.807, 2.05) is 113 Å². The molecule has 4 N–H and O–H groups in total. The van der Waals surface area contributed by atoms with Crippen molar-refractivity contribution in [2.24, 2.45) is 22.3 Å². The molecule has 0 saturated heterocycles. The van der Waals surface area contributed by atoms with Crippen LogP contribution in [0.25, 0.3) is 0 Å². The summed E-state index contributed by atoms with van der Waals surface area (Å²) in [6, 6.07) is 0. The van der Waals surface area contributed by atoms with Crippen molar-refractivity contribution in [2.75, 3.05) is 13.1 Å². The first-order valence-electron chi connectivity index (χ1n) is 18.7. The molecule has 0 radical (unpaired) electrons. The fourth-order valence-corrected chi connectivity index (χ4v) is 6.43. The number of ether oxygens (including phenoxy) is 2. The Hall–Kier alpha value is -4.66. The van der Waals surface area contributed by atoms with Gasteiger partial charge in [-0.2, -0.15) is 0 Å². The molecule has 0 aromatic heterocycles. The van der Waals surface area contributed by atoms with E-state index < -0.39 is 24.1 Å². The Morgan fingerprint density at radius 2 is 0.907 bits per heavy atom. The number of esters is 2. The minimum Gasteiger partial charge on any atom is -0.454 e. The first kappa shape index (κ1) is 45.5. The highest BCUT2D eigenvalue weighted by Gasteiger charge is 2.41. The van der Waals surface area contributed by atoms with Crippen LogP contribution in [0.4, 0.5) is 0 Å². The van der Waals surface area contributed by atoms with Gasteiger partial charge in [0, 0.05) is 25.9 Å². The zero-order chi connectivity index (χ0) is 40.6. The molecule has 2 aliphatic rings. The predicted molar refractivity (Wildman–Crippen MR) is 220 cm³/mol. The van der Waals surface area contributed by atoms with Gasteiger partial charge in [-0.15, -0.1) is 0 Å². The van der Waals surface area contributed by atoms with E-state index in [9.17, 15) is 19.2 Å². The lowest BCUT2D eigenvalue weighted by Gasteiger charge is -2.36. The first-order valence-corrected chi connectivity index (χ1v) is 18.7. The molecular weight excluding hydrogens is 677 g/mol. The normalized spacial score (nSPS) is 21.9. The molecule has 0 aliphatic heterocycles. The Labute approximate surface area is 323 Å². The number of Topliss-reactive ketones (excluding diaryl/α,β-unsaturated/α-hetero) is 2. The number of allylic oxidation sites excluding steroid dienone is 20. The van der Waals surface area contributed by atoms with Crippen LogP contribution >= 0.6 is 0 Å². The van der Waals surface area contributed by atoms with Crippen LogP contribution < -0.4 is 11.5 Å². The van der Waals surface area contributed by atoms with E-state index in [2.05, 4.69) is 27.7 Å². The summed E-state index contributed by atoms with van der Waals surface area (Å²) in [5.41, 5.74) is 17.6. The highest BCUT2D eigenvalue weighted by molar-refractivity contribution is 6.02. The average molecular weight is 739 g/mol. The van der Waals surface area contributed by atoms with Crippen LogP contribution in [0.1, 0.15) is 94.9 Å². The number of hydrogen-bond donors (Lipinski definition) is 2. The first-order chi connectivity index (χ1) is 25.3. The predicted octanol–water partition coefficient (Wildman–Crippen LogP) is 8.70. The Bertz CT molecular complexity index is 1640. The zero-order valence-corrected chi connectivity index (χ0v) is 34.1. The van der Waals surface area contributed by atoms with E-state index in [1.54, 1.807) is 13.8 Å². The summed E-state index contributed by atoms with van der Waals surface area (Å²) in [5, 5.41) is 0. The molecule has 2 rings (SSSR count). The van der Waals surface area contributed by atoms with Gasteiger partial charge in [0.15, 0.2) is 23.8 Å². The summed E-state index contributed by atoms with van der Waals surface area (Å²) < 4.78 is 10.9. The van der Waals surface area contributed by atoms with Gasteiger partial charge in [-0.1, -0.05) is 135 Å². The minimum absolute atomic E-state index is 0.0991. The third-order valence-electron chi connectivity index (χ3n) is 9.52. The van der Waals surface area contributed by atoms with E-state index in [4.69, 9.17) is 20.9 Å². The Balaban J connectivity index is 1.98. The highest BCUT2D eigenvalue weighted by atomic mass is 16.6. The third kappa shape index (κ3) is 14.3. The summed E-state index contributed by atoms with van der Waals surface area (Å²) in [5.74, 6) is -1.18. The van der Waals surface area contributed by atoms with Crippen LogP contribution in [0, 0.1) is 10.8 Å². The fourth-order valence-electron chi connectivity index (χ4n) is 6.43. The molecular formula is C46H62N2O6. The Morgan fingerprint density at radius 3 is 1.24 bits per heavy atom. The summed E-state index contributed by atoms with van der Waals surface area (Å²) in [6.45, 7) is 20.3. The molecule has 2 atom stereocenters. The molecule has 0 spiro atoms. The molecule has 0 aromatic rings. The SMILES string of the molecule is CC1=C(/C=C/C(C)=C/C=C/C(C)=C/C=C/C=C(C)/C=C/C=C(C)/C=C/C2=C(C)C(=O)C(OC(=O)CCN)CC2(C)C)C(C)(C)CC(OC(=O)CCN)C1=O. The molecule has 0 aromatic carbocycles. The quantitative estimate of drug-likeness (QED) is 0.118. The summed E-state index contributed by atoms with van der Waals surface area (Å²) in [6.07, 6.45) is 27.7. The molecule has 0 heterocycles. The number of carbonyl (C=O) groups is 4. The van der Waals surface area contributed by atoms with Crippen LogP contribution in [0.5, 0.6) is 0 Å². The number of rotatable bonds is 16. The van der Waals surface area contributed by atoms with Gasteiger partial charge >= 0.3 is 11.9 Å². The number of nitrogens with two attached hydrogens (primary N) is 2. The van der Waals surface area contributed by atoms with Crippen molar-refractivity contribution in [3.63, 3.8) is 0 Å². The van der Waals surface area contributed by atoms with Crippen LogP contribution in [-0.2, 0) is 28.7 Å². The van der Waals surface area contributed by atoms with Gasteiger partial charge in [0.2, 0.25) is 0 Å². The van der Waals surface area contributed by atoms with Crippen molar-refractivity contribution in [3.8, 4) is 0 Å². The summed E-state index contributed by atoms with van der Waals surface area (Å²) in [7, 11) is 0. The lowest BCUT2D eigenvalue weighted by Crippen LogP contribution is -2.39. The van der Waals surface area contributed by atoms with E-state index in [0.29, 0.717) is 24.0 Å². The smallest absolute Gasteiger partial charge is 0.307 e. The van der Waals surface area contributed by atoms with E-state index >= 15 is 0 Å². The maximum atomic E-state index is 12.9. The topological polar surface area (TPSA) is 139 Å². The molecule has 54 heavy (non-hydrogen) atoms. The van der Waals surface area contributed by atoms with Crippen molar-refractivity contribution < 1.29 is 28.7 Å². The molecule has 0 saturated carbocycles. The van der Waals surface area contributed by atoms with E-state index in [-0.39, 0.29) is 48.3 Å². The standard InChI is InChI=1S/C46H62N2O6/c1-31(17-13-19-33(3)21-23-37-35(5)43(51)39(29-45(37,7)8)53-41(49)25-27-47)15-11-12-16-32(2)18-14-20-34(4)22-24-38-36(6)44(52)40(30-46(38,9)10)54-42(50)26-28-48/h11-24,39-40H,25-30,47-48H2,1-10H3/b12-11+,17-13+,18-14+,23-21+,24-22+,31-15+,32-16+,33-19+,34-20+. The van der Waals surface area contributed by atoms with Crippen molar-refractivity contribution in [1.29, 1.82) is 0 Å². The summed E-state index contributed by atoms with van der Waals surface area (Å²) in [4.78, 5) is 49.8. The maximum absolute atomic E-state index is 12.9. The number of ketones is 2. The van der Waals surface area contributed by atoms with Crippen LogP contribution in [-0.4, -0.2) is 48.8 Å². The van der Waals surface area contributed by atoms with Gasteiger partial charge in [-0.05, 0) is 74.7 Å². The molecule has 8 heteroatoms. The van der Waals surface area contributed by atoms with Crippen molar-refractivity contribution in [2.45, 2.75) is 107 Å². The molecule has 0 amide bonds. The van der Waals surface area contributed by atoms with E-state index in [1.165, 1.54) is 0 Å². The largest absolute Gasteiger partial charge is 0.454 e. The van der Waals surface area contributed by atoms with Gasteiger partial charge in [0.05, 0.1) is 12.8 Å². The molecule has 2 aliphatic carbocycles. The third-order valence-corrected chi connectivity index (χ3v) is 9.52. The van der Waals surface area contributed by atoms with Gasteiger partial charge in [-0.3, -0.25) is 19.2 Å². The van der Waals surface area contributed by atoms with Crippen molar-refractivity contribution >= 4 is 23.5 Å². The molecule has 0 bridgehead atoms. The zero-order valence-electron chi connectivity index (χ0n) is 34.1. The summed E-state index contributed by atoms with van der Waals surface area (Å²) >= 11 is 0. The lowest BCUT2D eigenvalue weighted by molar-refractivity contribution is -0.156. The van der Waals surface area contributed by atoms with E-state index in [0.717, 1.165) is 33.4 Å². The van der Waals surface area contributed by atoms with Crippen LogP contribution in [0.2, 0.25) is 0 Å². The lowest BCUT2D eigenvalue weighted by atomic mass is 9.71.